The highest BCUT2D eigenvalue weighted by Gasteiger charge is 2.21. The molecule has 2 aromatic carbocycles. The first-order valence-corrected chi connectivity index (χ1v) is 9.68. The molecule has 0 bridgehead atoms. The fourth-order valence-corrected chi connectivity index (χ4v) is 3.57. The minimum Gasteiger partial charge on any atom is -0.496 e. The van der Waals surface area contributed by atoms with E-state index < -0.39 is 24.0 Å². The summed E-state index contributed by atoms with van der Waals surface area (Å²) in [7, 11) is 1.41. The number of carboxylic acids is 1. The van der Waals surface area contributed by atoms with Crippen LogP contribution in [0.25, 0.3) is 28.1 Å². The first kappa shape index (κ1) is 22.0. The molecule has 0 aliphatic heterocycles. The lowest BCUT2D eigenvalue weighted by Crippen LogP contribution is -2.25. The first-order valence-electron chi connectivity index (χ1n) is 9.68. The number of ether oxygens (including phenoxy) is 1. The van der Waals surface area contributed by atoms with E-state index in [-0.39, 0.29) is 17.4 Å². The molecule has 0 aliphatic rings. The smallest absolute Gasteiger partial charge is 0.311 e. The molecular formula is C24H22FNO5. The highest BCUT2D eigenvalue weighted by Crippen LogP contribution is 2.37. The lowest BCUT2D eigenvalue weighted by Gasteiger charge is -2.22. The summed E-state index contributed by atoms with van der Waals surface area (Å²) < 4.78 is 20.8. The first-order chi connectivity index (χ1) is 14.7. The topological polar surface area (TPSA) is 85.6 Å². The zero-order valence-electron chi connectivity index (χ0n) is 17.4. The Bertz CT molecular complexity index is 1260. The van der Waals surface area contributed by atoms with Gasteiger partial charge in [0.2, 0.25) is 0 Å². The lowest BCUT2D eigenvalue weighted by molar-refractivity contribution is -0.139. The Balaban J connectivity index is 2.45. The van der Waals surface area contributed by atoms with E-state index in [0.29, 0.717) is 27.6 Å². The van der Waals surface area contributed by atoms with E-state index in [9.17, 15) is 18.8 Å². The number of allylic oxidation sites excluding steroid dienone is 1. The van der Waals surface area contributed by atoms with Crippen molar-refractivity contribution in [2.24, 2.45) is 0 Å². The number of methoxy groups -OCH3 is 1. The standard InChI is InChI=1S/C24H22FNO5/c1-14(2)26-23(20-10-8-15(25)12-21(20)31-3)18(11-9-16(27)13-22(28)29)17-6-4-5-7-19(17)24(26)30/h4-12,14H,13H2,1-3H3,(H,28,29)/b11-9+. The largest absolute Gasteiger partial charge is 0.496 e. The van der Waals surface area contributed by atoms with Crippen LogP contribution in [0.4, 0.5) is 4.39 Å². The number of hydrogen-bond acceptors (Lipinski definition) is 4. The average molecular weight is 423 g/mol. The fourth-order valence-electron chi connectivity index (χ4n) is 3.57. The van der Waals surface area contributed by atoms with Crippen molar-refractivity contribution in [3.63, 3.8) is 0 Å². The lowest BCUT2D eigenvalue weighted by atomic mass is 9.96. The zero-order chi connectivity index (χ0) is 22.7. The number of ketones is 1. The number of carbonyl (C=O) groups is 2. The van der Waals surface area contributed by atoms with Gasteiger partial charge in [0.05, 0.1) is 12.8 Å². The Hall–Kier alpha value is -3.74. The van der Waals surface area contributed by atoms with Crippen molar-refractivity contribution >= 4 is 28.6 Å². The van der Waals surface area contributed by atoms with Crippen molar-refractivity contribution in [1.82, 2.24) is 4.57 Å². The molecule has 0 unspecified atom stereocenters. The summed E-state index contributed by atoms with van der Waals surface area (Å²) in [5.41, 5.74) is 1.23. The van der Waals surface area contributed by atoms with Crippen LogP contribution in [0.3, 0.4) is 0 Å². The van der Waals surface area contributed by atoms with Gasteiger partial charge in [-0.05, 0) is 49.6 Å². The number of carboxylic acid groups (broad SMARTS) is 1. The molecule has 1 N–H and O–H groups in total. The summed E-state index contributed by atoms with van der Waals surface area (Å²) >= 11 is 0. The molecule has 1 heterocycles. The van der Waals surface area contributed by atoms with Crippen LogP contribution in [0.15, 0.2) is 53.3 Å². The Kier molecular flexibility index (Phi) is 6.34. The maximum atomic E-state index is 13.9. The maximum Gasteiger partial charge on any atom is 0.311 e. The van der Waals surface area contributed by atoms with Crippen LogP contribution in [0.1, 0.15) is 31.9 Å². The Morgan fingerprint density at radius 2 is 1.84 bits per heavy atom. The third kappa shape index (κ3) is 4.40. The second-order valence-corrected chi connectivity index (χ2v) is 7.29. The quantitative estimate of drug-likeness (QED) is 0.448. The Labute approximate surface area is 178 Å². The van der Waals surface area contributed by atoms with Crippen LogP contribution in [0, 0.1) is 5.82 Å². The van der Waals surface area contributed by atoms with Crippen LogP contribution in [0.2, 0.25) is 0 Å². The summed E-state index contributed by atoms with van der Waals surface area (Å²) in [6.45, 7) is 3.69. The van der Waals surface area contributed by atoms with Gasteiger partial charge in [0.15, 0.2) is 5.78 Å². The van der Waals surface area contributed by atoms with Gasteiger partial charge >= 0.3 is 5.97 Å². The van der Waals surface area contributed by atoms with Gasteiger partial charge in [-0.25, -0.2) is 4.39 Å². The predicted molar refractivity (Wildman–Crippen MR) is 117 cm³/mol. The number of fused-ring (bicyclic) bond motifs is 1. The summed E-state index contributed by atoms with van der Waals surface area (Å²) in [4.78, 5) is 36.3. The number of benzene rings is 2. The molecule has 0 amide bonds. The Morgan fingerprint density at radius 3 is 2.45 bits per heavy atom. The minimum atomic E-state index is -1.23. The molecule has 0 saturated carbocycles. The van der Waals surface area contributed by atoms with Crippen LogP contribution in [-0.4, -0.2) is 28.5 Å². The van der Waals surface area contributed by atoms with E-state index in [1.165, 1.54) is 37.5 Å². The molecule has 0 fully saturated rings. The molecule has 31 heavy (non-hydrogen) atoms. The number of aromatic nitrogens is 1. The second kappa shape index (κ2) is 8.95. The summed E-state index contributed by atoms with van der Waals surface area (Å²) in [5, 5.41) is 9.92. The van der Waals surface area contributed by atoms with Crippen molar-refractivity contribution in [3.05, 3.63) is 70.3 Å². The van der Waals surface area contributed by atoms with Gasteiger partial charge in [-0.3, -0.25) is 14.4 Å². The molecule has 7 heteroatoms. The molecule has 3 aromatic rings. The Morgan fingerprint density at radius 1 is 1.16 bits per heavy atom. The van der Waals surface area contributed by atoms with E-state index >= 15 is 0 Å². The highest BCUT2D eigenvalue weighted by molar-refractivity contribution is 6.06. The molecule has 3 rings (SSSR count). The molecule has 0 atom stereocenters. The van der Waals surface area contributed by atoms with Gasteiger partial charge < -0.3 is 14.4 Å². The summed E-state index contributed by atoms with van der Waals surface area (Å²) in [6.07, 6.45) is 2.04. The molecule has 0 radical (unpaired) electrons. The van der Waals surface area contributed by atoms with Crippen molar-refractivity contribution < 1.29 is 23.8 Å². The van der Waals surface area contributed by atoms with Gasteiger partial charge in [-0.15, -0.1) is 0 Å². The van der Waals surface area contributed by atoms with Gasteiger partial charge in [0.25, 0.3) is 5.56 Å². The predicted octanol–water partition coefficient (Wildman–Crippen LogP) is 4.45. The second-order valence-electron chi connectivity index (χ2n) is 7.29. The summed E-state index contributed by atoms with van der Waals surface area (Å²) in [6, 6.07) is 10.7. The van der Waals surface area contributed by atoms with E-state index in [1.54, 1.807) is 28.8 Å². The number of rotatable bonds is 7. The molecule has 0 saturated heterocycles. The van der Waals surface area contributed by atoms with E-state index in [2.05, 4.69) is 0 Å². The molecule has 160 valence electrons. The number of carbonyl (C=O) groups excluding carboxylic acids is 1. The number of hydrogen-bond donors (Lipinski definition) is 1. The monoisotopic (exact) mass is 423 g/mol. The van der Waals surface area contributed by atoms with Crippen molar-refractivity contribution in [2.75, 3.05) is 7.11 Å². The average Bonchev–Trinajstić information content (AvgIpc) is 2.72. The zero-order valence-corrected chi connectivity index (χ0v) is 17.4. The number of nitrogens with zero attached hydrogens (tertiary/aromatic N) is 1. The number of aliphatic carboxylic acids is 1. The van der Waals surface area contributed by atoms with Gasteiger partial charge in [-0.2, -0.15) is 0 Å². The third-order valence-corrected chi connectivity index (χ3v) is 4.86. The maximum absolute atomic E-state index is 13.9. The number of halogens is 1. The normalized spacial score (nSPS) is 11.4. The van der Waals surface area contributed by atoms with Crippen molar-refractivity contribution in [1.29, 1.82) is 0 Å². The van der Waals surface area contributed by atoms with Crippen LogP contribution in [-0.2, 0) is 9.59 Å². The van der Waals surface area contributed by atoms with Gasteiger partial charge in [-0.1, -0.05) is 18.2 Å². The minimum absolute atomic E-state index is 0.232. The molecule has 0 aliphatic carbocycles. The fraction of sp³-hybridized carbons (Fsp3) is 0.208. The molecule has 0 spiro atoms. The van der Waals surface area contributed by atoms with Crippen molar-refractivity contribution in [2.45, 2.75) is 26.3 Å². The third-order valence-electron chi connectivity index (χ3n) is 4.86. The van der Waals surface area contributed by atoms with Crippen LogP contribution < -0.4 is 10.3 Å². The van der Waals surface area contributed by atoms with Crippen LogP contribution in [0.5, 0.6) is 5.75 Å². The highest BCUT2D eigenvalue weighted by atomic mass is 19.1. The number of pyridine rings is 1. The van der Waals surface area contributed by atoms with Gasteiger partial charge in [0.1, 0.15) is 18.0 Å². The molecular weight excluding hydrogens is 401 g/mol. The molecule has 1 aromatic heterocycles. The SMILES string of the molecule is COc1cc(F)ccc1-c1c(/C=C/C(=O)CC(=O)O)c2ccccc2c(=O)n1C(C)C. The van der Waals surface area contributed by atoms with E-state index in [1.807, 2.05) is 13.8 Å². The molecule has 6 nitrogen and oxygen atoms in total. The summed E-state index contributed by atoms with van der Waals surface area (Å²) in [5.74, 6) is -2.08. The van der Waals surface area contributed by atoms with E-state index in [4.69, 9.17) is 9.84 Å². The van der Waals surface area contributed by atoms with Crippen molar-refractivity contribution in [3.8, 4) is 17.0 Å². The van der Waals surface area contributed by atoms with Crippen LogP contribution >= 0.6 is 0 Å². The van der Waals surface area contributed by atoms with Gasteiger partial charge in [0, 0.05) is 28.6 Å². The van der Waals surface area contributed by atoms with E-state index in [0.717, 1.165) is 0 Å².